The summed E-state index contributed by atoms with van der Waals surface area (Å²) in [5, 5.41) is 4.97. The maximum Gasteiger partial charge on any atom is 0.255 e. The van der Waals surface area contributed by atoms with E-state index in [0.29, 0.717) is 11.3 Å². The first-order chi connectivity index (χ1) is 8.31. The summed E-state index contributed by atoms with van der Waals surface area (Å²) in [4.78, 5) is 4.20. The van der Waals surface area contributed by atoms with Crippen molar-refractivity contribution in [1.29, 1.82) is 0 Å². The Morgan fingerprint density at radius 2 is 2.18 bits per heavy atom. The van der Waals surface area contributed by atoms with Crippen LogP contribution in [0.4, 0.5) is 0 Å². The van der Waals surface area contributed by atoms with Crippen LogP contribution in [0.25, 0.3) is 0 Å². The van der Waals surface area contributed by atoms with Crippen molar-refractivity contribution < 1.29 is 4.42 Å². The lowest BCUT2D eigenvalue weighted by Crippen LogP contribution is -2.38. The molecule has 1 N–H and O–H groups in total. The minimum Gasteiger partial charge on any atom is -0.440 e. The molecular formula is C13H24N2OS. The van der Waals surface area contributed by atoms with Crippen LogP contribution in [-0.4, -0.2) is 22.8 Å². The fraction of sp³-hybridized carbons (Fsp3) is 0.769. The molecule has 1 aromatic rings. The van der Waals surface area contributed by atoms with Gasteiger partial charge in [-0.05, 0) is 25.8 Å². The number of aromatic nitrogens is 1. The third kappa shape index (κ3) is 5.13. The first kappa shape index (κ1) is 14.6. The molecule has 0 aromatic carbocycles. The minimum absolute atomic E-state index is 0.542. The van der Waals surface area contributed by atoms with Gasteiger partial charge in [0.1, 0.15) is 6.26 Å². The summed E-state index contributed by atoms with van der Waals surface area (Å²) in [5.74, 6) is 0. The van der Waals surface area contributed by atoms with Crippen LogP contribution in [0.5, 0.6) is 0 Å². The quantitative estimate of drug-likeness (QED) is 0.683. The Labute approximate surface area is 109 Å². The summed E-state index contributed by atoms with van der Waals surface area (Å²) in [6.45, 7) is 7.77. The van der Waals surface area contributed by atoms with Crippen molar-refractivity contribution in [2.75, 3.05) is 6.54 Å². The van der Waals surface area contributed by atoms with Crippen molar-refractivity contribution in [3.63, 3.8) is 0 Å². The summed E-state index contributed by atoms with van der Waals surface area (Å²) < 4.78 is 5.32. The molecule has 0 saturated heterocycles. The average molecular weight is 256 g/mol. The summed E-state index contributed by atoms with van der Waals surface area (Å²) in [6.07, 6.45) is 8.09. The standard InChI is InChI=1S/C13H24N2OS/c1-4-7-11(14-8-5-2)12(6-3)17-13-15-9-10-16-13/h9-12,14H,4-8H2,1-3H3. The number of nitrogens with zero attached hydrogens (tertiary/aromatic N) is 1. The highest BCUT2D eigenvalue weighted by Gasteiger charge is 2.21. The summed E-state index contributed by atoms with van der Waals surface area (Å²) in [6, 6.07) is 0.557. The monoisotopic (exact) mass is 256 g/mol. The highest BCUT2D eigenvalue weighted by atomic mass is 32.2. The molecule has 3 nitrogen and oxygen atoms in total. The Kier molecular flexibility index (Phi) is 7.37. The lowest BCUT2D eigenvalue weighted by molar-refractivity contribution is 0.435. The van der Waals surface area contributed by atoms with Gasteiger partial charge < -0.3 is 9.73 Å². The zero-order chi connectivity index (χ0) is 12.5. The van der Waals surface area contributed by atoms with E-state index in [1.807, 2.05) is 0 Å². The van der Waals surface area contributed by atoms with Gasteiger partial charge in [-0.3, -0.25) is 0 Å². The van der Waals surface area contributed by atoms with Gasteiger partial charge in [0.15, 0.2) is 0 Å². The van der Waals surface area contributed by atoms with E-state index in [-0.39, 0.29) is 0 Å². The number of hydrogen-bond donors (Lipinski definition) is 1. The van der Waals surface area contributed by atoms with E-state index >= 15 is 0 Å². The first-order valence-corrected chi connectivity index (χ1v) is 7.49. The molecule has 0 aliphatic rings. The molecule has 0 bridgehead atoms. The molecule has 0 spiro atoms. The molecule has 0 aliphatic carbocycles. The molecule has 2 unspecified atom stereocenters. The molecule has 98 valence electrons. The van der Waals surface area contributed by atoms with Crippen molar-refractivity contribution >= 4 is 11.8 Å². The third-order valence-corrected chi connectivity index (χ3v) is 4.14. The van der Waals surface area contributed by atoms with E-state index in [0.717, 1.165) is 18.2 Å². The number of thioether (sulfide) groups is 1. The average Bonchev–Trinajstić information content (AvgIpc) is 2.84. The highest BCUT2D eigenvalue weighted by Crippen LogP contribution is 2.27. The highest BCUT2D eigenvalue weighted by molar-refractivity contribution is 7.99. The number of rotatable bonds is 9. The summed E-state index contributed by atoms with van der Waals surface area (Å²) in [5.41, 5.74) is 0. The van der Waals surface area contributed by atoms with Crippen LogP contribution in [0.2, 0.25) is 0 Å². The van der Waals surface area contributed by atoms with E-state index in [4.69, 9.17) is 4.42 Å². The SMILES string of the molecule is CCCNC(CCC)C(CC)Sc1ncco1. The Morgan fingerprint density at radius 3 is 2.71 bits per heavy atom. The van der Waals surface area contributed by atoms with Crippen molar-refractivity contribution in [1.82, 2.24) is 10.3 Å². The molecule has 0 aliphatic heterocycles. The van der Waals surface area contributed by atoms with Gasteiger partial charge in [-0.1, -0.05) is 39.0 Å². The predicted molar refractivity (Wildman–Crippen MR) is 73.4 cm³/mol. The van der Waals surface area contributed by atoms with E-state index < -0.39 is 0 Å². The lowest BCUT2D eigenvalue weighted by atomic mass is 10.1. The molecule has 0 radical (unpaired) electrons. The molecule has 1 heterocycles. The molecule has 0 saturated carbocycles. The van der Waals surface area contributed by atoms with Crippen LogP contribution in [0.15, 0.2) is 22.1 Å². The van der Waals surface area contributed by atoms with Gasteiger partial charge in [0, 0.05) is 11.3 Å². The second-order valence-corrected chi connectivity index (χ2v) is 5.40. The van der Waals surface area contributed by atoms with Crippen LogP contribution >= 0.6 is 11.8 Å². The second kappa shape index (κ2) is 8.59. The van der Waals surface area contributed by atoms with Gasteiger partial charge in [-0.25, -0.2) is 4.98 Å². The molecule has 1 aromatic heterocycles. The van der Waals surface area contributed by atoms with Gasteiger partial charge in [-0.15, -0.1) is 0 Å². The molecule has 2 atom stereocenters. The predicted octanol–water partition coefficient (Wildman–Crippen LogP) is 3.71. The van der Waals surface area contributed by atoms with Gasteiger partial charge in [0.05, 0.1) is 6.20 Å². The van der Waals surface area contributed by atoms with Crippen molar-refractivity contribution in [2.45, 2.75) is 63.0 Å². The maximum absolute atomic E-state index is 5.32. The summed E-state index contributed by atoms with van der Waals surface area (Å²) in [7, 11) is 0. The van der Waals surface area contributed by atoms with E-state index in [1.54, 1.807) is 24.2 Å². The molecule has 0 amide bonds. The Morgan fingerprint density at radius 1 is 1.35 bits per heavy atom. The van der Waals surface area contributed by atoms with E-state index in [1.165, 1.54) is 19.3 Å². The fourth-order valence-electron chi connectivity index (χ4n) is 1.91. The minimum atomic E-state index is 0.542. The van der Waals surface area contributed by atoms with Crippen LogP contribution in [-0.2, 0) is 0 Å². The van der Waals surface area contributed by atoms with Crippen LogP contribution in [0.3, 0.4) is 0 Å². The second-order valence-electron chi connectivity index (χ2n) is 4.21. The molecule has 1 rings (SSSR count). The van der Waals surface area contributed by atoms with Crippen LogP contribution in [0, 0.1) is 0 Å². The number of oxazole rings is 1. The number of nitrogens with one attached hydrogen (secondary N) is 1. The fourth-order valence-corrected chi connectivity index (χ4v) is 2.96. The van der Waals surface area contributed by atoms with Crippen molar-refractivity contribution in [2.24, 2.45) is 0 Å². The van der Waals surface area contributed by atoms with Gasteiger partial charge in [-0.2, -0.15) is 0 Å². The molecule has 0 fully saturated rings. The molecule has 17 heavy (non-hydrogen) atoms. The van der Waals surface area contributed by atoms with E-state index in [2.05, 4.69) is 31.1 Å². The Bertz CT molecular complexity index is 277. The molecular weight excluding hydrogens is 232 g/mol. The van der Waals surface area contributed by atoms with Gasteiger partial charge in [0.2, 0.25) is 0 Å². The zero-order valence-corrected chi connectivity index (χ0v) is 11.9. The van der Waals surface area contributed by atoms with Gasteiger partial charge >= 0.3 is 0 Å². The topological polar surface area (TPSA) is 38.1 Å². The van der Waals surface area contributed by atoms with Crippen molar-refractivity contribution in [3.05, 3.63) is 12.5 Å². The first-order valence-electron chi connectivity index (χ1n) is 6.61. The van der Waals surface area contributed by atoms with E-state index in [9.17, 15) is 0 Å². The summed E-state index contributed by atoms with van der Waals surface area (Å²) >= 11 is 1.75. The third-order valence-electron chi connectivity index (χ3n) is 2.77. The zero-order valence-electron chi connectivity index (χ0n) is 11.1. The Balaban J connectivity index is 2.53. The van der Waals surface area contributed by atoms with Crippen molar-refractivity contribution in [3.8, 4) is 0 Å². The van der Waals surface area contributed by atoms with Crippen LogP contribution < -0.4 is 5.32 Å². The normalized spacial score (nSPS) is 14.8. The number of hydrogen-bond acceptors (Lipinski definition) is 4. The van der Waals surface area contributed by atoms with Gasteiger partial charge in [0.25, 0.3) is 5.22 Å². The molecule has 4 heteroatoms. The Hall–Kier alpha value is -0.480. The van der Waals surface area contributed by atoms with Crippen LogP contribution in [0.1, 0.15) is 46.5 Å². The largest absolute Gasteiger partial charge is 0.440 e. The maximum atomic E-state index is 5.32. The lowest BCUT2D eigenvalue weighted by Gasteiger charge is -2.25. The smallest absolute Gasteiger partial charge is 0.255 e.